The standard InChI is InChI=1S/C40H38F12O7/c1-54-21-23-56-31-13-7-28(8-14-31)35(37(41,42)43,38(44,45)46)27-5-3-26(4-6-27)19-20-58-34(53)25-59-33-17-11-30(12-18-33)36(39(47,48)49,40(50,51)52)29-9-15-32(16-10-29)57-24-22-55-2/h3-18,34,53H,19-25H2,1-2H3. The average Bonchev–Trinajstić information content (AvgIpc) is 3.15. The molecule has 4 aromatic rings. The Morgan fingerprint density at radius 2 is 0.729 bits per heavy atom. The van der Waals surface area contributed by atoms with Crippen LogP contribution in [-0.4, -0.2) is 90.0 Å². The van der Waals surface area contributed by atoms with Gasteiger partial charge in [0.1, 0.15) is 37.1 Å². The molecule has 0 aliphatic heterocycles. The van der Waals surface area contributed by atoms with Crippen LogP contribution in [0.15, 0.2) is 97.1 Å². The molecule has 0 spiro atoms. The Morgan fingerprint density at radius 3 is 1.03 bits per heavy atom. The molecule has 1 atom stereocenters. The van der Waals surface area contributed by atoms with Crippen LogP contribution in [0.4, 0.5) is 52.7 Å². The predicted octanol–water partition coefficient (Wildman–Crippen LogP) is 9.51. The maximum atomic E-state index is 14.5. The molecular weight excluding hydrogens is 820 g/mol. The summed E-state index contributed by atoms with van der Waals surface area (Å²) in [6.45, 7) is -0.717. The number of hydrogen-bond acceptors (Lipinski definition) is 7. The number of rotatable bonds is 19. The third-order valence-electron chi connectivity index (χ3n) is 9.16. The van der Waals surface area contributed by atoms with Crippen LogP contribution in [0, 0.1) is 0 Å². The van der Waals surface area contributed by atoms with Crippen LogP contribution in [-0.2, 0) is 31.5 Å². The largest absolute Gasteiger partial charge is 0.491 e. The van der Waals surface area contributed by atoms with Crippen LogP contribution < -0.4 is 14.2 Å². The summed E-state index contributed by atoms with van der Waals surface area (Å²) < 4.78 is 205. The van der Waals surface area contributed by atoms with Crippen LogP contribution in [0.5, 0.6) is 17.2 Å². The Bertz CT molecular complexity index is 1850. The van der Waals surface area contributed by atoms with Gasteiger partial charge in [0.05, 0.1) is 19.8 Å². The smallest absolute Gasteiger partial charge is 0.411 e. The highest BCUT2D eigenvalue weighted by molar-refractivity contribution is 5.48. The van der Waals surface area contributed by atoms with Gasteiger partial charge in [-0.25, -0.2) is 0 Å². The molecule has 1 unspecified atom stereocenters. The van der Waals surface area contributed by atoms with Crippen molar-refractivity contribution in [2.24, 2.45) is 0 Å². The summed E-state index contributed by atoms with van der Waals surface area (Å²) in [5.74, 6) is -0.192. The van der Waals surface area contributed by atoms with Gasteiger partial charge >= 0.3 is 24.7 Å². The zero-order valence-corrected chi connectivity index (χ0v) is 31.2. The summed E-state index contributed by atoms with van der Waals surface area (Å²) in [4.78, 5) is 0. The first-order chi connectivity index (χ1) is 27.6. The molecule has 0 saturated heterocycles. The summed E-state index contributed by atoms with van der Waals surface area (Å²) >= 11 is 0. The van der Waals surface area contributed by atoms with Crippen molar-refractivity contribution in [3.8, 4) is 17.2 Å². The number of halogens is 12. The molecule has 4 rings (SSSR count). The minimum atomic E-state index is -5.86. The van der Waals surface area contributed by atoms with Gasteiger partial charge in [-0.1, -0.05) is 60.7 Å². The molecule has 7 nitrogen and oxygen atoms in total. The van der Waals surface area contributed by atoms with E-state index in [0.29, 0.717) is 48.5 Å². The van der Waals surface area contributed by atoms with Crippen molar-refractivity contribution in [3.63, 3.8) is 0 Å². The molecule has 0 fully saturated rings. The molecule has 0 heterocycles. The van der Waals surface area contributed by atoms with E-state index < -0.39 is 70.7 Å². The molecule has 0 radical (unpaired) electrons. The molecule has 59 heavy (non-hydrogen) atoms. The highest BCUT2D eigenvalue weighted by atomic mass is 19.4. The zero-order chi connectivity index (χ0) is 43.7. The molecule has 1 N–H and O–H groups in total. The highest BCUT2D eigenvalue weighted by Crippen LogP contribution is 2.57. The summed E-state index contributed by atoms with van der Waals surface area (Å²) in [5.41, 5.74) is -13.1. The van der Waals surface area contributed by atoms with E-state index in [1.807, 2.05) is 0 Å². The fourth-order valence-electron chi connectivity index (χ4n) is 6.30. The highest BCUT2D eigenvalue weighted by Gasteiger charge is 2.73. The maximum absolute atomic E-state index is 14.5. The van der Waals surface area contributed by atoms with Crippen molar-refractivity contribution in [3.05, 3.63) is 125 Å². The predicted molar refractivity (Wildman–Crippen MR) is 187 cm³/mol. The number of benzene rings is 4. The van der Waals surface area contributed by atoms with Crippen molar-refractivity contribution in [1.29, 1.82) is 0 Å². The van der Waals surface area contributed by atoms with Gasteiger partial charge in [0.2, 0.25) is 10.8 Å². The molecule has 324 valence electrons. The van der Waals surface area contributed by atoms with Gasteiger partial charge in [-0.05, 0) is 70.6 Å². The Balaban J connectivity index is 1.42. The van der Waals surface area contributed by atoms with Crippen molar-refractivity contribution >= 4 is 0 Å². The number of aliphatic hydroxyl groups is 1. The zero-order valence-electron chi connectivity index (χ0n) is 31.2. The van der Waals surface area contributed by atoms with E-state index in [1.165, 1.54) is 14.2 Å². The van der Waals surface area contributed by atoms with Crippen LogP contribution in [0.1, 0.15) is 27.8 Å². The van der Waals surface area contributed by atoms with E-state index in [4.69, 9.17) is 28.4 Å². The van der Waals surface area contributed by atoms with Crippen molar-refractivity contribution in [2.75, 3.05) is 53.9 Å². The lowest BCUT2D eigenvalue weighted by molar-refractivity contribution is -0.290. The van der Waals surface area contributed by atoms with Gasteiger partial charge in [-0.2, -0.15) is 52.7 Å². The Kier molecular flexibility index (Phi) is 15.2. The molecule has 0 aromatic heterocycles. The minimum absolute atomic E-state index is 0.00227. The summed E-state index contributed by atoms with van der Waals surface area (Å²) in [5, 5.41) is 10.2. The van der Waals surface area contributed by atoms with E-state index in [0.717, 1.165) is 48.5 Å². The van der Waals surface area contributed by atoms with Crippen molar-refractivity contribution in [2.45, 2.75) is 48.2 Å². The monoisotopic (exact) mass is 858 g/mol. The van der Waals surface area contributed by atoms with Crippen molar-refractivity contribution in [1.82, 2.24) is 0 Å². The second kappa shape index (κ2) is 19.1. The summed E-state index contributed by atoms with van der Waals surface area (Å²) in [7, 11) is 2.76. The SMILES string of the molecule is COCCOc1ccc(C(c2ccc(CCOC(O)COc3ccc(C(c4ccc(OCCOC)cc4)(C(F)(F)F)C(F)(F)F)cc3)cc2)(C(F)(F)F)C(F)(F)F)cc1. The summed E-state index contributed by atoms with van der Waals surface area (Å²) in [6, 6.07) is 12.9. The third kappa shape index (κ3) is 10.4. The van der Waals surface area contributed by atoms with E-state index in [9.17, 15) is 57.8 Å². The molecule has 0 aliphatic carbocycles. The fourth-order valence-corrected chi connectivity index (χ4v) is 6.30. The Labute approximate surface area is 330 Å². The van der Waals surface area contributed by atoms with Crippen molar-refractivity contribution < 1.29 is 86.2 Å². The lowest BCUT2D eigenvalue weighted by atomic mass is 9.72. The number of hydrogen-bond donors (Lipinski definition) is 1. The molecule has 0 aliphatic rings. The van der Waals surface area contributed by atoms with E-state index >= 15 is 0 Å². The summed E-state index contributed by atoms with van der Waals surface area (Å²) in [6.07, 6.45) is -25.2. The number of ether oxygens (including phenoxy) is 6. The van der Waals surface area contributed by atoms with Gasteiger partial charge in [0, 0.05) is 14.2 Å². The Morgan fingerprint density at radius 1 is 0.424 bits per heavy atom. The van der Waals surface area contributed by atoms with Crippen LogP contribution in [0.2, 0.25) is 0 Å². The maximum Gasteiger partial charge on any atom is 0.411 e. The van der Waals surface area contributed by atoms with E-state index in [1.54, 1.807) is 0 Å². The van der Waals surface area contributed by atoms with Crippen LogP contribution >= 0.6 is 0 Å². The fraction of sp³-hybridized carbons (Fsp3) is 0.400. The molecule has 0 amide bonds. The van der Waals surface area contributed by atoms with E-state index in [2.05, 4.69) is 0 Å². The quantitative estimate of drug-likeness (QED) is 0.0573. The second-order valence-corrected chi connectivity index (χ2v) is 12.8. The molecule has 4 aromatic carbocycles. The first kappa shape index (κ1) is 47.0. The van der Waals surface area contributed by atoms with E-state index in [-0.39, 0.29) is 62.3 Å². The van der Waals surface area contributed by atoms with Crippen LogP contribution in [0.25, 0.3) is 0 Å². The molecular formula is C40H38F12O7. The lowest BCUT2D eigenvalue weighted by Gasteiger charge is -2.38. The van der Waals surface area contributed by atoms with Gasteiger partial charge in [-0.3, -0.25) is 0 Å². The Hall–Kier alpha value is -4.72. The number of alkyl halides is 12. The molecule has 0 bridgehead atoms. The van der Waals surface area contributed by atoms with Gasteiger partial charge < -0.3 is 33.5 Å². The molecule has 19 heteroatoms. The lowest BCUT2D eigenvalue weighted by Crippen LogP contribution is -2.54. The van der Waals surface area contributed by atoms with Gasteiger partial charge in [0.25, 0.3) is 0 Å². The third-order valence-corrected chi connectivity index (χ3v) is 9.16. The first-order valence-electron chi connectivity index (χ1n) is 17.5. The first-order valence-corrected chi connectivity index (χ1v) is 17.5. The second-order valence-electron chi connectivity index (χ2n) is 12.8. The van der Waals surface area contributed by atoms with Gasteiger partial charge in [0.15, 0.2) is 6.29 Å². The average molecular weight is 859 g/mol. The minimum Gasteiger partial charge on any atom is -0.491 e. The topological polar surface area (TPSA) is 75.6 Å². The van der Waals surface area contributed by atoms with Gasteiger partial charge in [-0.15, -0.1) is 0 Å². The van der Waals surface area contributed by atoms with Crippen LogP contribution in [0.3, 0.4) is 0 Å². The number of aliphatic hydroxyl groups excluding tert-OH is 1. The molecule has 0 saturated carbocycles. The number of methoxy groups -OCH3 is 2. The normalized spacial score (nSPS) is 13.6.